The summed E-state index contributed by atoms with van der Waals surface area (Å²) in [4.78, 5) is 17.3. The van der Waals surface area contributed by atoms with E-state index < -0.39 is 12.2 Å². The molecule has 0 unspecified atom stereocenters. The molecule has 2 atom stereocenters. The molecule has 0 radical (unpaired) electrons. The third-order valence-corrected chi connectivity index (χ3v) is 7.57. The summed E-state index contributed by atoms with van der Waals surface area (Å²) in [6.45, 7) is 1.92. The fourth-order valence-electron chi connectivity index (χ4n) is 5.03. The zero-order valence-corrected chi connectivity index (χ0v) is 21.2. The quantitative estimate of drug-likeness (QED) is 0.662. The summed E-state index contributed by atoms with van der Waals surface area (Å²) < 4.78 is 19.7. The molecule has 2 aliphatic rings. The van der Waals surface area contributed by atoms with Crippen LogP contribution in [-0.2, 0) is 13.0 Å². The topological polar surface area (TPSA) is 73.2 Å². The lowest BCUT2D eigenvalue weighted by atomic mass is 9.91. The summed E-state index contributed by atoms with van der Waals surface area (Å²) in [6, 6.07) is 12.6. The van der Waals surface area contributed by atoms with Gasteiger partial charge in [0.2, 0.25) is 0 Å². The fraction of sp³-hybridized carbons (Fsp3) is 0.552. The van der Waals surface area contributed by atoms with Gasteiger partial charge in [-0.25, -0.2) is 4.39 Å². The highest BCUT2D eigenvalue weighted by atomic mass is 19.1. The van der Waals surface area contributed by atoms with E-state index in [9.17, 15) is 19.4 Å². The molecule has 196 valence electrons. The first kappa shape index (κ1) is 26.6. The smallest absolute Gasteiger partial charge is 0.257 e. The van der Waals surface area contributed by atoms with Gasteiger partial charge in [-0.15, -0.1) is 0 Å². The zero-order valence-electron chi connectivity index (χ0n) is 21.2. The van der Waals surface area contributed by atoms with E-state index in [1.165, 1.54) is 6.07 Å². The Labute approximate surface area is 213 Å². The number of carbonyl (C=O) groups excluding carboxylic acids is 1. The highest BCUT2D eigenvalue weighted by molar-refractivity contribution is 5.97. The fourth-order valence-corrected chi connectivity index (χ4v) is 5.03. The van der Waals surface area contributed by atoms with Gasteiger partial charge >= 0.3 is 0 Å². The maximum atomic E-state index is 13.7. The Morgan fingerprint density at radius 3 is 2.58 bits per heavy atom. The van der Waals surface area contributed by atoms with Crippen molar-refractivity contribution in [1.82, 2.24) is 9.80 Å². The molecule has 2 N–H and O–H groups in total. The predicted molar refractivity (Wildman–Crippen MR) is 138 cm³/mol. The Kier molecular flexibility index (Phi) is 9.35. The monoisotopic (exact) mass is 498 g/mol. The number of benzene rings is 2. The minimum atomic E-state index is -1.08. The third kappa shape index (κ3) is 6.84. The van der Waals surface area contributed by atoms with Crippen molar-refractivity contribution in [3.8, 4) is 5.75 Å². The van der Waals surface area contributed by atoms with Gasteiger partial charge in [-0.3, -0.25) is 9.69 Å². The largest absolute Gasteiger partial charge is 0.490 e. The van der Waals surface area contributed by atoms with Gasteiger partial charge in [-0.2, -0.15) is 0 Å². The van der Waals surface area contributed by atoms with Crippen LogP contribution in [0.15, 0.2) is 42.5 Å². The van der Waals surface area contributed by atoms with Crippen LogP contribution in [0.4, 0.5) is 4.39 Å². The Morgan fingerprint density at radius 2 is 1.83 bits per heavy atom. The van der Waals surface area contributed by atoms with Gasteiger partial charge in [0.25, 0.3) is 5.91 Å². The van der Waals surface area contributed by atoms with Crippen molar-refractivity contribution >= 4 is 5.91 Å². The van der Waals surface area contributed by atoms with E-state index in [2.05, 4.69) is 4.90 Å². The molecule has 4 rings (SSSR count). The second-order valence-corrected chi connectivity index (χ2v) is 10.2. The van der Waals surface area contributed by atoms with Crippen molar-refractivity contribution in [2.45, 2.75) is 76.2 Å². The summed E-state index contributed by atoms with van der Waals surface area (Å²) in [6.07, 6.45) is 5.22. The molecule has 0 saturated heterocycles. The van der Waals surface area contributed by atoms with Gasteiger partial charge in [-0.1, -0.05) is 30.7 Å². The van der Waals surface area contributed by atoms with E-state index in [0.29, 0.717) is 30.8 Å². The van der Waals surface area contributed by atoms with E-state index >= 15 is 0 Å². The molecule has 6 nitrogen and oxygen atoms in total. The summed E-state index contributed by atoms with van der Waals surface area (Å²) in [5.41, 5.74) is 2.38. The van der Waals surface area contributed by atoms with Crippen molar-refractivity contribution in [2.24, 2.45) is 0 Å². The first-order chi connectivity index (χ1) is 17.4. The van der Waals surface area contributed by atoms with Crippen LogP contribution in [0.5, 0.6) is 5.75 Å². The zero-order chi connectivity index (χ0) is 25.5. The number of hydrogen-bond donors (Lipinski definition) is 2. The first-order valence-corrected chi connectivity index (χ1v) is 13.3. The Morgan fingerprint density at radius 1 is 1.03 bits per heavy atom. The predicted octanol–water partition coefficient (Wildman–Crippen LogP) is 4.17. The standard InChI is InChI=1S/C29H39FN2O4/c1-31(24-12-7-13-24)29(35)25-14-6-10-22-9-3-2-4-16-32(19-21-8-5-11-23(30)18-21)17-15-26(33)27(34)20-36-28(22)25/h5-6,8,10-11,14,18,24,26-27,33-34H,2-4,7,9,12-13,15-17,19-20H2,1H3/t26-,27+/m0/s1. The van der Waals surface area contributed by atoms with E-state index in [1.807, 2.05) is 30.1 Å². The molecule has 7 heteroatoms. The summed E-state index contributed by atoms with van der Waals surface area (Å²) >= 11 is 0. The van der Waals surface area contributed by atoms with Crippen LogP contribution in [0.25, 0.3) is 0 Å². The van der Waals surface area contributed by atoms with Gasteiger partial charge < -0.3 is 19.8 Å². The first-order valence-electron chi connectivity index (χ1n) is 13.3. The normalized spacial score (nSPS) is 22.6. The number of rotatable bonds is 4. The number of hydrogen-bond acceptors (Lipinski definition) is 5. The molecule has 36 heavy (non-hydrogen) atoms. The van der Waals surface area contributed by atoms with Crippen LogP contribution >= 0.6 is 0 Å². The molecule has 1 heterocycles. The number of fused-ring (bicyclic) bond motifs is 1. The van der Waals surface area contributed by atoms with Crippen LogP contribution in [0, 0.1) is 5.82 Å². The Balaban J connectivity index is 1.47. The van der Waals surface area contributed by atoms with Gasteiger partial charge in [-0.05, 0) is 80.8 Å². The number of aliphatic hydroxyl groups is 2. The van der Waals surface area contributed by atoms with E-state index in [4.69, 9.17) is 4.74 Å². The number of amides is 1. The number of aliphatic hydroxyl groups excluding tert-OH is 2. The van der Waals surface area contributed by atoms with Gasteiger partial charge in [0.1, 0.15) is 24.3 Å². The summed E-state index contributed by atoms with van der Waals surface area (Å²) in [5, 5.41) is 21.3. The van der Waals surface area contributed by atoms with E-state index in [1.54, 1.807) is 18.2 Å². The molecule has 1 saturated carbocycles. The van der Waals surface area contributed by atoms with Crippen LogP contribution in [0.2, 0.25) is 0 Å². The molecule has 2 aromatic rings. The number of para-hydroxylation sites is 1. The second-order valence-electron chi connectivity index (χ2n) is 10.2. The molecular weight excluding hydrogens is 459 g/mol. The number of halogens is 1. The number of nitrogens with zero attached hydrogens (tertiary/aromatic N) is 2. The molecular formula is C29H39FN2O4. The number of aryl methyl sites for hydroxylation is 1. The van der Waals surface area contributed by atoms with Crippen LogP contribution in [0.1, 0.15) is 66.4 Å². The lowest BCUT2D eigenvalue weighted by Gasteiger charge is -2.35. The maximum Gasteiger partial charge on any atom is 0.257 e. The van der Waals surface area contributed by atoms with Crippen LogP contribution < -0.4 is 4.74 Å². The molecule has 0 bridgehead atoms. The summed E-state index contributed by atoms with van der Waals surface area (Å²) in [5.74, 6) is 0.225. The molecule has 0 spiro atoms. The average Bonchev–Trinajstić information content (AvgIpc) is 2.83. The third-order valence-electron chi connectivity index (χ3n) is 7.57. The van der Waals surface area contributed by atoms with Crippen LogP contribution in [0.3, 0.4) is 0 Å². The SMILES string of the molecule is CN(C(=O)c1cccc2c1OC[C@@H](O)[C@@H](O)CCN(Cc1cccc(F)c1)CCCCC2)C1CCC1. The highest BCUT2D eigenvalue weighted by Crippen LogP contribution is 2.31. The summed E-state index contributed by atoms with van der Waals surface area (Å²) in [7, 11) is 1.85. The van der Waals surface area contributed by atoms with Gasteiger partial charge in [0.05, 0.1) is 11.7 Å². The highest BCUT2D eigenvalue weighted by Gasteiger charge is 2.29. The van der Waals surface area contributed by atoms with E-state index in [-0.39, 0.29) is 24.4 Å². The molecule has 1 fully saturated rings. The Hall–Kier alpha value is -2.48. The van der Waals surface area contributed by atoms with Crippen LogP contribution in [-0.4, -0.2) is 70.9 Å². The van der Waals surface area contributed by atoms with Crippen molar-refractivity contribution in [2.75, 3.05) is 26.7 Å². The van der Waals surface area contributed by atoms with Crippen molar-refractivity contribution < 1.29 is 24.1 Å². The minimum absolute atomic E-state index is 0.0549. The molecule has 1 aliphatic carbocycles. The average molecular weight is 499 g/mol. The molecule has 1 aliphatic heterocycles. The maximum absolute atomic E-state index is 13.7. The lowest BCUT2D eigenvalue weighted by molar-refractivity contribution is -0.0165. The molecule has 1 amide bonds. The number of carbonyl (C=O) groups is 1. The van der Waals surface area contributed by atoms with Gasteiger partial charge in [0, 0.05) is 26.2 Å². The molecule has 2 aromatic carbocycles. The lowest BCUT2D eigenvalue weighted by Crippen LogP contribution is -2.41. The van der Waals surface area contributed by atoms with E-state index in [0.717, 1.165) is 62.6 Å². The second kappa shape index (κ2) is 12.7. The Bertz CT molecular complexity index is 1010. The minimum Gasteiger partial charge on any atom is -0.490 e. The number of ether oxygens (including phenoxy) is 1. The van der Waals surface area contributed by atoms with Gasteiger partial charge in [0.15, 0.2) is 0 Å². The van der Waals surface area contributed by atoms with Crippen molar-refractivity contribution in [3.63, 3.8) is 0 Å². The van der Waals surface area contributed by atoms with Crippen molar-refractivity contribution in [1.29, 1.82) is 0 Å². The van der Waals surface area contributed by atoms with Crippen molar-refractivity contribution in [3.05, 3.63) is 65.0 Å². The molecule has 0 aromatic heterocycles.